The lowest BCUT2D eigenvalue weighted by molar-refractivity contribution is -0.132. The molecule has 1 aromatic carbocycles. The Morgan fingerprint density at radius 1 is 1.15 bits per heavy atom. The van der Waals surface area contributed by atoms with Crippen molar-refractivity contribution in [1.29, 1.82) is 0 Å². The van der Waals surface area contributed by atoms with Gasteiger partial charge in [-0.15, -0.1) is 0 Å². The maximum absolute atomic E-state index is 12.5. The predicted molar refractivity (Wildman–Crippen MR) is 106 cm³/mol. The van der Waals surface area contributed by atoms with Gasteiger partial charge in [0.25, 0.3) is 5.56 Å². The number of likely N-dealkylation sites (tertiary alicyclic amines) is 1. The quantitative estimate of drug-likeness (QED) is 0.787. The van der Waals surface area contributed by atoms with Crippen LogP contribution in [-0.2, 0) is 18.3 Å². The van der Waals surface area contributed by atoms with E-state index in [0.717, 1.165) is 50.1 Å². The van der Waals surface area contributed by atoms with Gasteiger partial charge in [0.2, 0.25) is 5.91 Å². The number of carbonyl (C=O) groups is 1. The van der Waals surface area contributed by atoms with E-state index in [1.165, 1.54) is 5.56 Å². The minimum absolute atomic E-state index is 0.0320. The minimum atomic E-state index is 0.0320. The Hall–Kier alpha value is -2.56. The molecule has 2 aromatic rings. The van der Waals surface area contributed by atoms with Crippen LogP contribution in [-0.4, -0.2) is 35.6 Å². The summed E-state index contributed by atoms with van der Waals surface area (Å²) in [6.07, 6.45) is 6.03. The second-order valence-corrected chi connectivity index (χ2v) is 7.27. The smallest absolute Gasteiger partial charge is 0.250 e. The molecule has 0 radical (unpaired) electrons. The van der Waals surface area contributed by atoms with Crippen LogP contribution in [0.25, 0.3) is 0 Å². The first-order valence-electron chi connectivity index (χ1n) is 9.64. The number of benzene rings is 1. The topological polar surface area (TPSA) is 51.5 Å². The van der Waals surface area contributed by atoms with E-state index in [1.807, 2.05) is 29.3 Å². The number of carbonyl (C=O) groups excluding carboxylic acids is 1. The first-order chi connectivity index (χ1) is 13.1. The van der Waals surface area contributed by atoms with Gasteiger partial charge >= 0.3 is 0 Å². The summed E-state index contributed by atoms with van der Waals surface area (Å²) in [4.78, 5) is 26.3. The molecule has 0 N–H and O–H groups in total. The number of hydrogen-bond donors (Lipinski definition) is 0. The van der Waals surface area contributed by atoms with Gasteiger partial charge in [0.1, 0.15) is 5.75 Å². The number of methoxy groups -OCH3 is 1. The number of aromatic nitrogens is 1. The van der Waals surface area contributed by atoms with Crippen LogP contribution in [0.2, 0.25) is 0 Å². The minimum Gasteiger partial charge on any atom is -0.497 e. The molecule has 0 spiro atoms. The zero-order valence-electron chi connectivity index (χ0n) is 16.2. The van der Waals surface area contributed by atoms with E-state index in [1.54, 1.807) is 24.8 Å². The molecule has 0 unspecified atom stereocenters. The van der Waals surface area contributed by atoms with Crippen LogP contribution in [0.5, 0.6) is 5.75 Å². The molecule has 1 aromatic heterocycles. The van der Waals surface area contributed by atoms with Crippen molar-refractivity contribution >= 4 is 5.91 Å². The molecule has 1 saturated heterocycles. The molecule has 0 bridgehead atoms. The average Bonchev–Trinajstić information content (AvgIpc) is 2.70. The molecule has 1 aliphatic rings. The number of pyridine rings is 1. The van der Waals surface area contributed by atoms with Crippen molar-refractivity contribution in [2.24, 2.45) is 7.05 Å². The second-order valence-electron chi connectivity index (χ2n) is 7.27. The van der Waals surface area contributed by atoms with Crippen LogP contribution in [0.15, 0.2) is 47.4 Å². The molecule has 2 heterocycles. The van der Waals surface area contributed by atoms with Crippen molar-refractivity contribution in [3.05, 3.63) is 64.1 Å². The highest BCUT2D eigenvalue weighted by molar-refractivity contribution is 5.76. The standard InChI is InChI=1S/C22H28N2O3/c1-23-13-10-19(16-22(23)26)18-11-14-24(15-12-18)21(25)5-3-4-17-6-8-20(27-2)9-7-17/h6-10,13,16,18H,3-5,11-12,14-15H2,1-2H3. The predicted octanol–water partition coefficient (Wildman–Crippen LogP) is 3.12. The van der Waals surface area contributed by atoms with Crippen LogP contribution in [0, 0.1) is 0 Å². The third kappa shape index (κ3) is 5.00. The van der Waals surface area contributed by atoms with Crippen LogP contribution in [0.3, 0.4) is 0 Å². The lowest BCUT2D eigenvalue weighted by atomic mass is 9.90. The summed E-state index contributed by atoms with van der Waals surface area (Å²) in [6, 6.07) is 11.8. The van der Waals surface area contributed by atoms with E-state index in [4.69, 9.17) is 4.74 Å². The summed E-state index contributed by atoms with van der Waals surface area (Å²) in [5, 5.41) is 0. The Kier molecular flexibility index (Phi) is 6.32. The third-order valence-electron chi connectivity index (χ3n) is 5.46. The monoisotopic (exact) mass is 368 g/mol. The number of hydrogen-bond acceptors (Lipinski definition) is 3. The van der Waals surface area contributed by atoms with Crippen molar-refractivity contribution in [2.45, 2.75) is 38.0 Å². The summed E-state index contributed by atoms with van der Waals surface area (Å²) in [5.41, 5.74) is 2.36. The van der Waals surface area contributed by atoms with Gasteiger partial charge in [-0.3, -0.25) is 9.59 Å². The molecule has 0 atom stereocenters. The van der Waals surface area contributed by atoms with E-state index in [2.05, 4.69) is 12.1 Å². The lowest BCUT2D eigenvalue weighted by Crippen LogP contribution is -2.38. The van der Waals surface area contributed by atoms with Crippen molar-refractivity contribution < 1.29 is 9.53 Å². The molecule has 27 heavy (non-hydrogen) atoms. The van der Waals surface area contributed by atoms with Gasteiger partial charge in [0, 0.05) is 38.8 Å². The van der Waals surface area contributed by atoms with Gasteiger partial charge < -0.3 is 14.2 Å². The summed E-state index contributed by atoms with van der Waals surface area (Å²) in [7, 11) is 3.42. The Morgan fingerprint density at radius 3 is 2.48 bits per heavy atom. The van der Waals surface area contributed by atoms with E-state index in [0.29, 0.717) is 12.3 Å². The number of nitrogens with zero attached hydrogens (tertiary/aromatic N) is 2. The van der Waals surface area contributed by atoms with Crippen molar-refractivity contribution in [2.75, 3.05) is 20.2 Å². The third-order valence-corrected chi connectivity index (χ3v) is 5.46. The Morgan fingerprint density at radius 2 is 1.85 bits per heavy atom. The molecule has 1 amide bonds. The van der Waals surface area contributed by atoms with Crippen LogP contribution in [0.4, 0.5) is 0 Å². The summed E-state index contributed by atoms with van der Waals surface area (Å²) in [5.74, 6) is 1.47. The molecule has 3 rings (SSSR count). The van der Waals surface area contributed by atoms with Gasteiger partial charge in [-0.1, -0.05) is 12.1 Å². The van der Waals surface area contributed by atoms with Gasteiger partial charge in [-0.25, -0.2) is 0 Å². The second kappa shape index (κ2) is 8.89. The van der Waals surface area contributed by atoms with E-state index in [-0.39, 0.29) is 11.5 Å². The molecule has 144 valence electrons. The summed E-state index contributed by atoms with van der Waals surface area (Å²) in [6.45, 7) is 1.56. The van der Waals surface area contributed by atoms with Crippen LogP contribution < -0.4 is 10.3 Å². The SMILES string of the molecule is COc1ccc(CCCC(=O)N2CCC(c3ccn(C)c(=O)c3)CC2)cc1. The van der Waals surface area contributed by atoms with Gasteiger partial charge in [-0.05, 0) is 60.9 Å². The van der Waals surface area contributed by atoms with Gasteiger partial charge in [-0.2, -0.15) is 0 Å². The number of ether oxygens (including phenoxy) is 1. The van der Waals surface area contributed by atoms with E-state index < -0.39 is 0 Å². The van der Waals surface area contributed by atoms with Crippen molar-refractivity contribution in [1.82, 2.24) is 9.47 Å². The van der Waals surface area contributed by atoms with Gasteiger partial charge in [0.05, 0.1) is 7.11 Å². The van der Waals surface area contributed by atoms with E-state index >= 15 is 0 Å². The largest absolute Gasteiger partial charge is 0.497 e. The number of aryl methyl sites for hydroxylation is 2. The average molecular weight is 368 g/mol. The highest BCUT2D eigenvalue weighted by Crippen LogP contribution is 2.27. The van der Waals surface area contributed by atoms with Crippen LogP contribution in [0.1, 0.15) is 42.7 Å². The molecule has 0 saturated carbocycles. The fourth-order valence-electron chi connectivity index (χ4n) is 3.67. The van der Waals surface area contributed by atoms with Crippen molar-refractivity contribution in [3.8, 4) is 5.75 Å². The fraction of sp³-hybridized carbons (Fsp3) is 0.455. The summed E-state index contributed by atoms with van der Waals surface area (Å²) >= 11 is 0. The first kappa shape index (κ1) is 19.2. The number of rotatable bonds is 6. The summed E-state index contributed by atoms with van der Waals surface area (Å²) < 4.78 is 6.75. The molecule has 5 nitrogen and oxygen atoms in total. The zero-order valence-corrected chi connectivity index (χ0v) is 16.2. The molecular weight excluding hydrogens is 340 g/mol. The Bertz CT molecular complexity index is 818. The lowest BCUT2D eigenvalue weighted by Gasteiger charge is -2.32. The maximum atomic E-state index is 12.5. The fourth-order valence-corrected chi connectivity index (χ4v) is 3.67. The van der Waals surface area contributed by atoms with Crippen molar-refractivity contribution in [3.63, 3.8) is 0 Å². The molecule has 1 fully saturated rings. The molecule has 1 aliphatic heterocycles. The number of amides is 1. The van der Waals surface area contributed by atoms with Gasteiger partial charge in [0.15, 0.2) is 0 Å². The van der Waals surface area contributed by atoms with E-state index in [9.17, 15) is 9.59 Å². The normalized spacial score (nSPS) is 15.0. The van der Waals surface area contributed by atoms with Crippen LogP contribution >= 0.6 is 0 Å². The molecular formula is C22H28N2O3. The highest BCUT2D eigenvalue weighted by atomic mass is 16.5. The number of piperidine rings is 1. The molecule has 0 aliphatic carbocycles. The highest BCUT2D eigenvalue weighted by Gasteiger charge is 2.23. The maximum Gasteiger partial charge on any atom is 0.250 e. The Labute approximate surface area is 160 Å². The Balaban J connectivity index is 1.43. The molecule has 5 heteroatoms. The zero-order chi connectivity index (χ0) is 19.2. The first-order valence-corrected chi connectivity index (χ1v) is 9.64.